The summed E-state index contributed by atoms with van der Waals surface area (Å²) in [6.07, 6.45) is 1.68. The highest BCUT2D eigenvalue weighted by molar-refractivity contribution is 9.09. The van der Waals surface area contributed by atoms with Gasteiger partial charge in [-0.3, -0.25) is 9.48 Å². The van der Waals surface area contributed by atoms with Gasteiger partial charge in [0.25, 0.3) is 5.91 Å². The molecular formula is C22H22BrF3N4O2. The molecule has 0 atom stereocenters. The van der Waals surface area contributed by atoms with Gasteiger partial charge < -0.3 is 10.1 Å². The molecule has 0 spiro atoms. The zero-order valence-electron chi connectivity index (χ0n) is 17.3. The lowest BCUT2D eigenvalue weighted by Crippen LogP contribution is -2.19. The molecule has 2 aromatic heterocycles. The highest BCUT2D eigenvalue weighted by Crippen LogP contribution is 2.35. The Morgan fingerprint density at radius 3 is 2.66 bits per heavy atom. The monoisotopic (exact) mass is 510 g/mol. The molecule has 170 valence electrons. The van der Waals surface area contributed by atoms with E-state index < -0.39 is 17.8 Å². The summed E-state index contributed by atoms with van der Waals surface area (Å²) in [5.41, 5.74) is -0.392. The molecule has 32 heavy (non-hydrogen) atoms. The number of anilines is 1. The van der Waals surface area contributed by atoms with Crippen LogP contribution in [0.4, 0.5) is 18.9 Å². The molecule has 0 radical (unpaired) electrons. The van der Waals surface area contributed by atoms with Crippen molar-refractivity contribution in [3.63, 3.8) is 0 Å². The molecule has 1 aromatic carbocycles. The van der Waals surface area contributed by atoms with E-state index in [-0.39, 0.29) is 5.69 Å². The van der Waals surface area contributed by atoms with Gasteiger partial charge in [0.2, 0.25) is 0 Å². The number of aromatic nitrogens is 3. The molecule has 2 heterocycles. The van der Waals surface area contributed by atoms with E-state index in [4.69, 9.17) is 4.74 Å². The van der Waals surface area contributed by atoms with Crippen LogP contribution >= 0.6 is 15.9 Å². The van der Waals surface area contributed by atoms with Crippen LogP contribution in [0.15, 0.2) is 36.5 Å². The van der Waals surface area contributed by atoms with Crippen molar-refractivity contribution in [2.45, 2.75) is 37.9 Å². The zero-order valence-corrected chi connectivity index (χ0v) is 18.9. The number of benzene rings is 1. The van der Waals surface area contributed by atoms with Crippen LogP contribution in [0.1, 0.15) is 47.9 Å². The summed E-state index contributed by atoms with van der Waals surface area (Å²) >= 11 is 3.56. The summed E-state index contributed by atoms with van der Waals surface area (Å²) in [5.74, 6) is 0.308. The number of rotatable bonds is 5. The van der Waals surface area contributed by atoms with E-state index in [0.717, 1.165) is 54.0 Å². The maximum Gasteiger partial charge on any atom is 0.433 e. The van der Waals surface area contributed by atoms with Crippen LogP contribution in [0.3, 0.4) is 0 Å². The number of ether oxygens (including phenoxy) is 1. The zero-order chi connectivity index (χ0) is 22.9. The first-order chi connectivity index (χ1) is 15.3. The SMILES string of the molecule is COc1cc2nn([C@H]3CC[C@H](CBr)CC3)cc2cc1NC(=O)c1cccc(C(F)(F)F)n1. The Bertz CT molecular complexity index is 1120. The number of hydrogen-bond donors (Lipinski definition) is 1. The molecule has 1 N–H and O–H groups in total. The Kier molecular flexibility index (Phi) is 6.41. The van der Waals surface area contributed by atoms with Gasteiger partial charge in [0.1, 0.15) is 17.1 Å². The van der Waals surface area contributed by atoms with Crippen molar-refractivity contribution in [2.24, 2.45) is 5.92 Å². The number of carbonyl (C=O) groups is 1. The number of methoxy groups -OCH3 is 1. The lowest BCUT2D eigenvalue weighted by atomic mass is 9.87. The van der Waals surface area contributed by atoms with Crippen LogP contribution in [-0.4, -0.2) is 33.1 Å². The summed E-state index contributed by atoms with van der Waals surface area (Å²) in [5, 5.41) is 9.12. The minimum atomic E-state index is -4.63. The molecule has 0 saturated heterocycles. The maximum atomic E-state index is 12.9. The van der Waals surface area contributed by atoms with Gasteiger partial charge in [0.05, 0.1) is 24.4 Å². The van der Waals surface area contributed by atoms with E-state index in [1.54, 1.807) is 12.1 Å². The second-order valence-electron chi connectivity index (χ2n) is 7.91. The van der Waals surface area contributed by atoms with E-state index in [2.05, 4.69) is 31.3 Å². The Labute approximate surface area is 191 Å². The molecule has 0 unspecified atom stereocenters. The molecule has 10 heteroatoms. The van der Waals surface area contributed by atoms with Crippen molar-refractivity contribution < 1.29 is 22.7 Å². The van der Waals surface area contributed by atoms with Gasteiger partial charge in [-0.15, -0.1) is 0 Å². The number of carbonyl (C=O) groups excluding carboxylic acids is 1. The maximum absolute atomic E-state index is 12.9. The summed E-state index contributed by atoms with van der Waals surface area (Å²) in [6, 6.07) is 6.95. The number of nitrogens with zero attached hydrogens (tertiary/aromatic N) is 3. The van der Waals surface area contributed by atoms with Crippen LogP contribution in [0.25, 0.3) is 10.9 Å². The first-order valence-corrected chi connectivity index (χ1v) is 11.4. The number of hydrogen-bond acceptors (Lipinski definition) is 4. The lowest BCUT2D eigenvalue weighted by molar-refractivity contribution is -0.141. The van der Waals surface area contributed by atoms with Crippen LogP contribution in [0, 0.1) is 5.92 Å². The quantitative estimate of drug-likeness (QED) is 0.438. The highest BCUT2D eigenvalue weighted by Gasteiger charge is 2.33. The number of nitrogens with one attached hydrogen (secondary N) is 1. The molecular weight excluding hydrogens is 489 g/mol. The van der Waals surface area contributed by atoms with Crippen molar-refractivity contribution in [3.05, 3.63) is 47.9 Å². The van der Waals surface area contributed by atoms with Gasteiger partial charge in [0.15, 0.2) is 0 Å². The Morgan fingerprint density at radius 2 is 2.00 bits per heavy atom. The summed E-state index contributed by atoms with van der Waals surface area (Å²) in [7, 11) is 1.46. The largest absolute Gasteiger partial charge is 0.494 e. The predicted molar refractivity (Wildman–Crippen MR) is 118 cm³/mol. The highest BCUT2D eigenvalue weighted by atomic mass is 79.9. The number of amides is 1. The normalized spacial score (nSPS) is 19.2. The topological polar surface area (TPSA) is 69.0 Å². The second-order valence-corrected chi connectivity index (χ2v) is 8.56. The van der Waals surface area contributed by atoms with Crippen LogP contribution in [0.5, 0.6) is 5.75 Å². The first-order valence-electron chi connectivity index (χ1n) is 10.3. The van der Waals surface area contributed by atoms with E-state index in [1.807, 2.05) is 10.9 Å². The van der Waals surface area contributed by atoms with Gasteiger partial charge in [0, 0.05) is 23.0 Å². The second kappa shape index (κ2) is 9.09. The van der Waals surface area contributed by atoms with Crippen LogP contribution in [-0.2, 0) is 6.18 Å². The molecule has 0 aliphatic heterocycles. The number of fused-ring (bicyclic) bond motifs is 1. The fraction of sp³-hybridized carbons (Fsp3) is 0.409. The summed E-state index contributed by atoms with van der Waals surface area (Å²) < 4.78 is 46.1. The van der Waals surface area contributed by atoms with Gasteiger partial charge in [-0.1, -0.05) is 22.0 Å². The molecule has 3 aromatic rings. The van der Waals surface area contributed by atoms with E-state index in [0.29, 0.717) is 23.4 Å². The van der Waals surface area contributed by atoms with Gasteiger partial charge in [-0.2, -0.15) is 18.3 Å². The number of alkyl halides is 4. The van der Waals surface area contributed by atoms with Gasteiger partial charge >= 0.3 is 6.18 Å². The molecule has 0 bridgehead atoms. The average molecular weight is 511 g/mol. The van der Waals surface area contributed by atoms with E-state index in [1.165, 1.54) is 13.2 Å². The summed E-state index contributed by atoms with van der Waals surface area (Å²) in [6.45, 7) is 0. The van der Waals surface area contributed by atoms with Gasteiger partial charge in [-0.25, -0.2) is 4.98 Å². The minimum Gasteiger partial charge on any atom is -0.494 e. The minimum absolute atomic E-state index is 0.316. The molecule has 1 amide bonds. The standard InChI is InChI=1S/C22H22BrF3N4O2/c1-32-19-10-17-14(12-30(29-17)15-7-5-13(11-23)6-8-15)9-18(19)28-21(31)16-3-2-4-20(27-16)22(24,25)26/h2-4,9-10,12-13,15H,5-8,11H2,1H3,(H,28,31)/t13-,15-. The van der Waals surface area contributed by atoms with Crippen molar-refractivity contribution in [2.75, 3.05) is 17.8 Å². The van der Waals surface area contributed by atoms with Crippen molar-refractivity contribution >= 4 is 38.4 Å². The van der Waals surface area contributed by atoms with E-state index in [9.17, 15) is 18.0 Å². The fourth-order valence-corrected chi connectivity index (χ4v) is 4.64. The average Bonchev–Trinajstić information content (AvgIpc) is 3.21. The fourth-order valence-electron chi connectivity index (χ4n) is 3.99. The van der Waals surface area contributed by atoms with Crippen molar-refractivity contribution in [1.29, 1.82) is 0 Å². The Hall–Kier alpha value is -2.62. The van der Waals surface area contributed by atoms with Crippen molar-refractivity contribution in [1.82, 2.24) is 14.8 Å². The third-order valence-electron chi connectivity index (χ3n) is 5.77. The molecule has 1 aliphatic carbocycles. The molecule has 1 aliphatic rings. The molecule has 1 saturated carbocycles. The Balaban J connectivity index is 1.58. The third kappa shape index (κ3) is 4.74. The lowest BCUT2D eigenvalue weighted by Gasteiger charge is -2.27. The predicted octanol–water partition coefficient (Wildman–Crippen LogP) is 5.84. The number of pyridine rings is 1. The van der Waals surface area contributed by atoms with Gasteiger partial charge in [-0.05, 0) is 49.8 Å². The van der Waals surface area contributed by atoms with Crippen molar-refractivity contribution in [3.8, 4) is 5.75 Å². The first kappa shape index (κ1) is 22.6. The van der Waals surface area contributed by atoms with Crippen LogP contribution in [0.2, 0.25) is 0 Å². The smallest absolute Gasteiger partial charge is 0.433 e. The third-order valence-corrected chi connectivity index (χ3v) is 6.69. The number of halogens is 4. The van der Waals surface area contributed by atoms with E-state index >= 15 is 0 Å². The molecule has 6 nitrogen and oxygen atoms in total. The van der Waals surface area contributed by atoms with Crippen LogP contribution < -0.4 is 10.1 Å². The molecule has 4 rings (SSSR count). The Morgan fingerprint density at radius 1 is 1.25 bits per heavy atom. The summed E-state index contributed by atoms with van der Waals surface area (Å²) in [4.78, 5) is 16.0. The molecule has 1 fully saturated rings.